The second kappa shape index (κ2) is 5.94. The van der Waals surface area contributed by atoms with Crippen LogP contribution < -0.4 is 5.11 Å². The van der Waals surface area contributed by atoms with Gasteiger partial charge in [0.2, 0.25) is 0 Å². The summed E-state index contributed by atoms with van der Waals surface area (Å²) in [5, 5.41) is 21.6. The Morgan fingerprint density at radius 2 is 1.79 bits per heavy atom. The van der Waals surface area contributed by atoms with Gasteiger partial charge in [-0.15, -0.1) is 0 Å². The summed E-state index contributed by atoms with van der Waals surface area (Å²) in [4.78, 5) is 34.5. The summed E-state index contributed by atoms with van der Waals surface area (Å²) in [6.45, 7) is 4.23. The molecule has 0 unspecified atom stereocenters. The van der Waals surface area contributed by atoms with Crippen LogP contribution >= 0.6 is 0 Å². The number of carboxylic acid groups (broad SMARTS) is 1. The maximum Gasteiger partial charge on any atom is 0.270 e. The molecule has 0 fully saturated rings. The van der Waals surface area contributed by atoms with Crippen LogP contribution in [0.5, 0.6) is 0 Å². The van der Waals surface area contributed by atoms with Crippen molar-refractivity contribution in [2.24, 2.45) is 0 Å². The smallest absolute Gasteiger partial charge is 0.270 e. The number of carbonyl (C=O) groups excluding carboxylic acids is 2. The molecule has 102 valence electrons. The number of benzene rings is 1. The number of carbonyl (C=O) groups is 2. The maximum atomic E-state index is 12.1. The lowest BCUT2D eigenvalue weighted by atomic mass is 10.1. The van der Waals surface area contributed by atoms with Crippen molar-refractivity contribution in [3.63, 3.8) is 0 Å². The number of rotatable bonds is 5. The Hall–Kier alpha value is -2.44. The van der Waals surface area contributed by atoms with E-state index in [9.17, 15) is 24.8 Å². The molecule has 1 rings (SSSR count). The van der Waals surface area contributed by atoms with Gasteiger partial charge in [-0.05, 0) is 19.9 Å². The highest BCUT2D eigenvalue weighted by Crippen LogP contribution is 2.19. The van der Waals surface area contributed by atoms with Crippen LogP contribution in [0, 0.1) is 10.1 Å². The zero-order valence-corrected chi connectivity index (χ0v) is 10.6. The summed E-state index contributed by atoms with van der Waals surface area (Å²) in [5.41, 5.74) is -0.902. The predicted molar refractivity (Wildman–Crippen MR) is 64.7 cm³/mol. The van der Waals surface area contributed by atoms with Gasteiger partial charge in [0.1, 0.15) is 0 Å². The fraction of sp³-hybridized carbons (Fsp3) is 0.333. The average molecular weight is 265 g/mol. The Kier molecular flexibility index (Phi) is 4.57. The maximum absolute atomic E-state index is 12.1. The van der Waals surface area contributed by atoms with Crippen molar-refractivity contribution in [2.75, 3.05) is 13.1 Å². The van der Waals surface area contributed by atoms with E-state index in [1.807, 2.05) is 0 Å². The average Bonchev–Trinajstić information content (AvgIpc) is 2.39. The zero-order valence-electron chi connectivity index (χ0n) is 10.6. The molecule has 0 aliphatic heterocycles. The lowest BCUT2D eigenvalue weighted by molar-refractivity contribution is -0.384. The normalized spacial score (nSPS) is 10.0. The molecule has 7 nitrogen and oxygen atoms in total. The molecule has 0 atom stereocenters. The highest BCUT2D eigenvalue weighted by molar-refractivity contribution is 6.04. The number of hydrogen-bond donors (Lipinski definition) is 0. The van der Waals surface area contributed by atoms with Gasteiger partial charge >= 0.3 is 0 Å². The molecule has 0 aromatic heterocycles. The predicted octanol–water partition coefficient (Wildman–Crippen LogP) is 0.440. The third-order valence-electron chi connectivity index (χ3n) is 2.71. The number of nitro benzene ring substituents is 1. The van der Waals surface area contributed by atoms with E-state index in [-0.39, 0.29) is 16.8 Å². The Bertz CT molecular complexity index is 523. The lowest BCUT2D eigenvalue weighted by Crippen LogP contribution is -2.33. The van der Waals surface area contributed by atoms with Crippen LogP contribution in [-0.2, 0) is 0 Å². The molecule has 1 aromatic rings. The quantitative estimate of drug-likeness (QED) is 0.567. The standard InChI is InChI=1S/C12H14N2O5/c1-3-13(4-2)11(15)10-7-8(14(18)19)5-6-9(10)12(16)17/h5-7H,3-4H2,1-2H3,(H,16,17)/p-1. The van der Waals surface area contributed by atoms with E-state index in [0.717, 1.165) is 18.2 Å². The van der Waals surface area contributed by atoms with E-state index < -0.39 is 16.8 Å². The number of amides is 1. The van der Waals surface area contributed by atoms with Gasteiger partial charge in [-0.3, -0.25) is 14.9 Å². The number of aromatic carboxylic acids is 1. The van der Waals surface area contributed by atoms with E-state index in [2.05, 4.69) is 0 Å². The number of hydrogen-bond acceptors (Lipinski definition) is 5. The molecule has 19 heavy (non-hydrogen) atoms. The molecule has 1 amide bonds. The zero-order chi connectivity index (χ0) is 14.6. The summed E-state index contributed by atoms with van der Waals surface area (Å²) in [6.07, 6.45) is 0. The topological polar surface area (TPSA) is 104 Å². The molecule has 0 spiro atoms. The Morgan fingerprint density at radius 1 is 1.21 bits per heavy atom. The minimum absolute atomic E-state index is 0.224. The van der Waals surface area contributed by atoms with Gasteiger partial charge in [-0.25, -0.2) is 0 Å². The fourth-order valence-electron chi connectivity index (χ4n) is 1.68. The van der Waals surface area contributed by atoms with Gasteiger partial charge in [0.25, 0.3) is 11.6 Å². The molecule has 0 heterocycles. The van der Waals surface area contributed by atoms with Crippen molar-refractivity contribution in [2.45, 2.75) is 13.8 Å². The second-order valence-electron chi connectivity index (χ2n) is 3.75. The highest BCUT2D eigenvalue weighted by Gasteiger charge is 2.20. The van der Waals surface area contributed by atoms with Crippen molar-refractivity contribution in [3.05, 3.63) is 39.4 Å². The number of nitro groups is 1. The Labute approximate surface area is 109 Å². The Morgan fingerprint density at radius 3 is 2.21 bits per heavy atom. The third-order valence-corrected chi connectivity index (χ3v) is 2.71. The lowest BCUT2D eigenvalue weighted by Gasteiger charge is -2.20. The van der Waals surface area contributed by atoms with Gasteiger partial charge in [0.15, 0.2) is 0 Å². The molecular formula is C12H13N2O5-. The Balaban J connectivity index is 3.36. The molecule has 1 aromatic carbocycles. The van der Waals surface area contributed by atoms with Gasteiger partial charge in [0, 0.05) is 30.8 Å². The molecule has 0 aliphatic rings. The first kappa shape index (κ1) is 14.6. The molecule has 7 heteroatoms. The molecule has 0 saturated heterocycles. The van der Waals surface area contributed by atoms with Crippen LogP contribution in [0.25, 0.3) is 0 Å². The van der Waals surface area contributed by atoms with Crippen LogP contribution in [0.4, 0.5) is 5.69 Å². The largest absolute Gasteiger partial charge is 0.545 e. The number of nitrogens with zero attached hydrogens (tertiary/aromatic N) is 2. The van der Waals surface area contributed by atoms with Crippen LogP contribution in [-0.4, -0.2) is 34.8 Å². The second-order valence-corrected chi connectivity index (χ2v) is 3.75. The van der Waals surface area contributed by atoms with E-state index >= 15 is 0 Å². The van der Waals surface area contributed by atoms with Crippen molar-refractivity contribution in [1.29, 1.82) is 0 Å². The first-order valence-corrected chi connectivity index (χ1v) is 5.71. The first-order chi connectivity index (χ1) is 8.92. The van der Waals surface area contributed by atoms with Gasteiger partial charge < -0.3 is 14.8 Å². The number of non-ortho nitro benzene ring substituents is 1. The van der Waals surface area contributed by atoms with Crippen molar-refractivity contribution >= 4 is 17.6 Å². The van der Waals surface area contributed by atoms with Crippen LogP contribution in [0.3, 0.4) is 0 Å². The summed E-state index contributed by atoms with van der Waals surface area (Å²) in [5.74, 6) is -2.10. The SMILES string of the molecule is CCN(CC)C(=O)c1cc([N+](=O)[O-])ccc1C(=O)[O-]. The molecule has 0 radical (unpaired) electrons. The summed E-state index contributed by atoms with van der Waals surface area (Å²) in [6, 6.07) is 3.01. The minimum atomic E-state index is -1.54. The fourth-order valence-corrected chi connectivity index (χ4v) is 1.68. The third kappa shape index (κ3) is 3.06. The van der Waals surface area contributed by atoms with E-state index in [4.69, 9.17) is 0 Å². The molecule has 0 bridgehead atoms. The summed E-state index contributed by atoms with van der Waals surface area (Å²) >= 11 is 0. The van der Waals surface area contributed by atoms with Gasteiger partial charge in [0.05, 0.1) is 16.5 Å². The van der Waals surface area contributed by atoms with Crippen molar-refractivity contribution < 1.29 is 19.6 Å². The molecule has 0 N–H and O–H groups in total. The van der Waals surface area contributed by atoms with Crippen molar-refractivity contribution in [3.8, 4) is 0 Å². The van der Waals surface area contributed by atoms with Crippen LogP contribution in [0.1, 0.15) is 34.6 Å². The van der Waals surface area contributed by atoms with Crippen LogP contribution in [0.2, 0.25) is 0 Å². The molecule has 0 aliphatic carbocycles. The van der Waals surface area contributed by atoms with Crippen LogP contribution in [0.15, 0.2) is 18.2 Å². The van der Waals surface area contributed by atoms with Gasteiger partial charge in [-0.1, -0.05) is 0 Å². The monoisotopic (exact) mass is 265 g/mol. The van der Waals surface area contributed by atoms with Gasteiger partial charge in [-0.2, -0.15) is 0 Å². The summed E-state index contributed by atoms with van der Waals surface area (Å²) in [7, 11) is 0. The minimum Gasteiger partial charge on any atom is -0.545 e. The number of carboxylic acids is 1. The van der Waals surface area contributed by atoms with E-state index in [1.165, 1.54) is 4.90 Å². The van der Waals surface area contributed by atoms with E-state index in [1.54, 1.807) is 13.8 Å². The highest BCUT2D eigenvalue weighted by atomic mass is 16.6. The molecule has 0 saturated carbocycles. The molecular weight excluding hydrogens is 252 g/mol. The van der Waals surface area contributed by atoms with E-state index in [0.29, 0.717) is 13.1 Å². The van der Waals surface area contributed by atoms with Crippen molar-refractivity contribution in [1.82, 2.24) is 4.90 Å². The first-order valence-electron chi connectivity index (χ1n) is 5.71. The summed E-state index contributed by atoms with van der Waals surface area (Å²) < 4.78 is 0.